The average Bonchev–Trinajstić information content (AvgIpc) is 2.61. The van der Waals surface area contributed by atoms with Crippen LogP contribution in [0.4, 0.5) is 0 Å². The van der Waals surface area contributed by atoms with Crippen molar-refractivity contribution in [3.63, 3.8) is 0 Å². The second-order valence-corrected chi connectivity index (χ2v) is 7.61. The molecule has 7 heteroatoms. The number of carbonyl (C=O) groups is 1. The van der Waals surface area contributed by atoms with Gasteiger partial charge in [-0.2, -0.15) is 4.37 Å². The Morgan fingerprint density at radius 1 is 1.53 bits per heavy atom. The van der Waals surface area contributed by atoms with E-state index in [9.17, 15) is 9.90 Å². The number of aliphatic carboxylic acids is 1. The van der Waals surface area contributed by atoms with E-state index in [1.165, 1.54) is 11.5 Å². The molecule has 2 atom stereocenters. The summed E-state index contributed by atoms with van der Waals surface area (Å²) in [4.78, 5) is 15.7. The fraction of sp³-hybridized carbons (Fsp3) is 0.750. The highest BCUT2D eigenvalue weighted by atomic mass is 32.2. The van der Waals surface area contributed by atoms with Crippen LogP contribution < -0.4 is 5.32 Å². The van der Waals surface area contributed by atoms with Gasteiger partial charge in [-0.3, -0.25) is 10.1 Å². The van der Waals surface area contributed by atoms with Crippen molar-refractivity contribution in [1.29, 1.82) is 0 Å². The van der Waals surface area contributed by atoms with Crippen molar-refractivity contribution in [1.82, 2.24) is 14.7 Å². The largest absolute Gasteiger partial charge is 0.480 e. The molecule has 1 heterocycles. The van der Waals surface area contributed by atoms with Gasteiger partial charge in [0.15, 0.2) is 4.34 Å². The maximum Gasteiger partial charge on any atom is 0.323 e. The fourth-order valence-corrected chi connectivity index (χ4v) is 4.11. The van der Waals surface area contributed by atoms with Gasteiger partial charge in [0.05, 0.1) is 0 Å². The first-order valence-corrected chi connectivity index (χ1v) is 7.86. The predicted molar refractivity (Wildman–Crippen MR) is 78.9 cm³/mol. The maximum atomic E-state index is 11.5. The molecule has 1 rings (SSSR count). The Bertz CT molecular complexity index is 436. The molecule has 0 fully saturated rings. The van der Waals surface area contributed by atoms with Crippen LogP contribution in [0.15, 0.2) is 4.34 Å². The average molecular weight is 303 g/mol. The van der Waals surface area contributed by atoms with Crippen LogP contribution in [0.2, 0.25) is 0 Å². The molecular weight excluding hydrogens is 282 g/mol. The number of hydrogen-bond acceptors (Lipinski definition) is 6. The lowest BCUT2D eigenvalue weighted by molar-refractivity contribution is -0.144. The first kappa shape index (κ1) is 16.4. The Hall–Kier alpha value is -0.660. The lowest BCUT2D eigenvalue weighted by Gasteiger charge is -2.30. The van der Waals surface area contributed by atoms with E-state index in [0.717, 1.165) is 10.2 Å². The summed E-state index contributed by atoms with van der Waals surface area (Å²) in [7, 11) is 0. The van der Waals surface area contributed by atoms with Gasteiger partial charge in [0.25, 0.3) is 0 Å². The fourth-order valence-electron chi connectivity index (χ4n) is 1.96. The van der Waals surface area contributed by atoms with Crippen molar-refractivity contribution in [2.75, 3.05) is 0 Å². The van der Waals surface area contributed by atoms with E-state index in [1.54, 1.807) is 18.7 Å². The minimum Gasteiger partial charge on any atom is -0.480 e. The van der Waals surface area contributed by atoms with E-state index in [1.807, 2.05) is 27.7 Å². The summed E-state index contributed by atoms with van der Waals surface area (Å²) < 4.78 is 5.02. The van der Waals surface area contributed by atoms with Gasteiger partial charge in [0, 0.05) is 11.3 Å². The third kappa shape index (κ3) is 5.08. The van der Waals surface area contributed by atoms with Crippen molar-refractivity contribution in [3.8, 4) is 0 Å². The Morgan fingerprint density at radius 3 is 2.58 bits per heavy atom. The highest BCUT2D eigenvalue weighted by molar-refractivity contribution is 8.01. The number of rotatable bonds is 7. The van der Waals surface area contributed by atoms with Crippen LogP contribution in [0, 0.1) is 6.92 Å². The van der Waals surface area contributed by atoms with Gasteiger partial charge in [0.2, 0.25) is 0 Å². The number of aryl methyl sites for hydroxylation is 1. The third-order valence-corrected chi connectivity index (χ3v) is 4.56. The van der Waals surface area contributed by atoms with Crippen molar-refractivity contribution in [2.45, 2.75) is 62.2 Å². The number of hydrogen-bond donors (Lipinski definition) is 2. The molecule has 0 saturated heterocycles. The van der Waals surface area contributed by atoms with E-state index in [0.29, 0.717) is 6.42 Å². The topological polar surface area (TPSA) is 75.1 Å². The molecule has 0 amide bonds. The molecule has 0 saturated carbocycles. The summed E-state index contributed by atoms with van der Waals surface area (Å²) >= 11 is 2.94. The Morgan fingerprint density at radius 2 is 2.16 bits per heavy atom. The normalized spacial score (nSPS) is 16.3. The highest BCUT2D eigenvalue weighted by Crippen LogP contribution is 2.30. The second kappa shape index (κ2) is 6.67. The van der Waals surface area contributed by atoms with Crippen LogP contribution in [0.5, 0.6) is 0 Å². The molecule has 0 spiro atoms. The molecule has 2 unspecified atom stereocenters. The number of nitrogens with zero attached hydrogens (tertiary/aromatic N) is 2. The minimum absolute atomic E-state index is 0.127. The van der Waals surface area contributed by atoms with E-state index < -0.39 is 11.5 Å². The molecule has 19 heavy (non-hydrogen) atoms. The molecule has 0 radical (unpaired) electrons. The molecule has 0 bridgehead atoms. The molecule has 1 aromatic rings. The number of thioether (sulfide) groups is 1. The van der Waals surface area contributed by atoms with Gasteiger partial charge in [0.1, 0.15) is 11.4 Å². The van der Waals surface area contributed by atoms with Gasteiger partial charge < -0.3 is 5.11 Å². The van der Waals surface area contributed by atoms with Crippen LogP contribution in [-0.2, 0) is 4.79 Å². The van der Waals surface area contributed by atoms with Crippen molar-refractivity contribution < 1.29 is 9.90 Å². The van der Waals surface area contributed by atoms with Gasteiger partial charge in [-0.15, -0.1) is 0 Å². The summed E-state index contributed by atoms with van der Waals surface area (Å²) in [5.74, 6) is -0.0527. The van der Waals surface area contributed by atoms with Gasteiger partial charge in [-0.1, -0.05) is 18.7 Å². The maximum absolute atomic E-state index is 11.5. The number of nitrogens with one attached hydrogen (secondary N) is 1. The third-order valence-electron chi connectivity index (χ3n) is 2.59. The smallest absolute Gasteiger partial charge is 0.323 e. The first-order valence-electron chi connectivity index (χ1n) is 6.21. The number of aromatic nitrogens is 2. The first-order chi connectivity index (χ1) is 8.73. The van der Waals surface area contributed by atoms with E-state index in [2.05, 4.69) is 14.7 Å². The van der Waals surface area contributed by atoms with Crippen molar-refractivity contribution >= 4 is 29.3 Å². The molecule has 0 aliphatic heterocycles. The number of carboxylic acids is 1. The van der Waals surface area contributed by atoms with Crippen LogP contribution in [-0.4, -0.2) is 37.3 Å². The Labute approximate surface area is 122 Å². The van der Waals surface area contributed by atoms with E-state index >= 15 is 0 Å². The summed E-state index contributed by atoms with van der Waals surface area (Å²) in [5.41, 5.74) is -0.916. The zero-order valence-electron chi connectivity index (χ0n) is 11.9. The van der Waals surface area contributed by atoms with Gasteiger partial charge in [-0.05, 0) is 45.6 Å². The molecule has 2 N–H and O–H groups in total. The lowest BCUT2D eigenvalue weighted by Crippen LogP contribution is -2.53. The zero-order chi connectivity index (χ0) is 14.6. The Balaban J connectivity index is 2.66. The van der Waals surface area contributed by atoms with Gasteiger partial charge in [-0.25, -0.2) is 4.98 Å². The van der Waals surface area contributed by atoms with E-state index in [4.69, 9.17) is 0 Å². The van der Waals surface area contributed by atoms with Crippen molar-refractivity contribution in [2.24, 2.45) is 0 Å². The monoisotopic (exact) mass is 303 g/mol. The second-order valence-electron chi connectivity index (χ2n) is 5.18. The van der Waals surface area contributed by atoms with Crippen LogP contribution in [0.1, 0.15) is 39.9 Å². The zero-order valence-corrected chi connectivity index (χ0v) is 13.6. The molecule has 108 valence electrons. The molecule has 1 aromatic heterocycles. The summed E-state index contributed by atoms with van der Waals surface area (Å²) in [6.07, 6.45) is 0.532. The summed E-state index contributed by atoms with van der Waals surface area (Å²) in [5, 5.41) is 12.7. The minimum atomic E-state index is -0.916. The van der Waals surface area contributed by atoms with E-state index in [-0.39, 0.29) is 11.3 Å². The molecule has 0 aromatic carbocycles. The molecule has 0 aliphatic rings. The highest BCUT2D eigenvalue weighted by Gasteiger charge is 2.35. The van der Waals surface area contributed by atoms with Crippen LogP contribution >= 0.6 is 23.3 Å². The quantitative estimate of drug-likeness (QED) is 0.754. The standard InChI is InChI=1S/C12H21N3O2S2/c1-7(2)14-12(5,10(16)17)6-8(3)18-11-13-9(4)15-19-11/h7-8,14H,6H2,1-5H3,(H,16,17). The van der Waals surface area contributed by atoms with Crippen LogP contribution in [0.3, 0.4) is 0 Å². The van der Waals surface area contributed by atoms with Crippen molar-refractivity contribution in [3.05, 3.63) is 5.82 Å². The summed E-state index contributed by atoms with van der Waals surface area (Å²) in [6, 6.07) is 0.127. The SMILES string of the molecule is Cc1nsc(SC(C)CC(C)(NC(C)C)C(=O)O)n1. The molecule has 0 aliphatic carbocycles. The Kier molecular flexibility index (Phi) is 5.76. The number of carboxylic acid groups (broad SMARTS) is 1. The summed E-state index contributed by atoms with van der Waals surface area (Å²) in [6.45, 7) is 9.51. The predicted octanol–water partition coefficient (Wildman–Crippen LogP) is 2.56. The van der Waals surface area contributed by atoms with Crippen LogP contribution in [0.25, 0.3) is 0 Å². The molecule has 5 nitrogen and oxygen atoms in total. The lowest BCUT2D eigenvalue weighted by atomic mass is 9.95. The van der Waals surface area contributed by atoms with Gasteiger partial charge >= 0.3 is 5.97 Å². The molecular formula is C12H21N3O2S2.